The Labute approximate surface area is 201 Å². The zero-order chi connectivity index (χ0) is 23.5. The van der Waals surface area contributed by atoms with Crippen LogP contribution in [0.1, 0.15) is 31.1 Å². The Hall–Kier alpha value is -2.67. The summed E-state index contributed by atoms with van der Waals surface area (Å²) in [5.41, 5.74) is 3.18. The first kappa shape index (κ1) is 23.1. The van der Waals surface area contributed by atoms with Gasteiger partial charge >= 0.3 is 0 Å². The number of aliphatic hydroxyl groups is 1. The van der Waals surface area contributed by atoms with E-state index in [1.165, 1.54) is 5.56 Å². The number of aliphatic hydroxyl groups excluding tert-OH is 1. The van der Waals surface area contributed by atoms with Gasteiger partial charge in [-0.1, -0.05) is 60.6 Å². The van der Waals surface area contributed by atoms with Gasteiger partial charge in [-0.15, -0.1) is 0 Å². The zero-order valence-corrected chi connectivity index (χ0v) is 20.2. The van der Waals surface area contributed by atoms with Crippen LogP contribution in [0.25, 0.3) is 11.0 Å². The highest BCUT2D eigenvalue weighted by Crippen LogP contribution is 2.49. The number of nitrogens with zero attached hydrogens (tertiary/aromatic N) is 3. The highest BCUT2D eigenvalue weighted by molar-refractivity contribution is 6.03. The monoisotopic (exact) mass is 461 g/mol. The molecule has 1 aromatic heterocycles. The summed E-state index contributed by atoms with van der Waals surface area (Å²) in [6.45, 7) is 7.11. The molecule has 1 aliphatic carbocycles. The fourth-order valence-corrected chi connectivity index (χ4v) is 5.30. The molecule has 180 valence electrons. The summed E-state index contributed by atoms with van der Waals surface area (Å²) in [5, 5.41) is 16.1. The summed E-state index contributed by atoms with van der Waals surface area (Å²) in [5.74, 6) is 1.01. The maximum Gasteiger partial charge on any atom is 0.153 e. The van der Waals surface area contributed by atoms with E-state index in [1.807, 2.05) is 18.2 Å². The topological polar surface area (TPSA) is 61.4 Å². The summed E-state index contributed by atoms with van der Waals surface area (Å²) in [6, 6.07) is 20.8. The second-order valence-electron chi connectivity index (χ2n) is 10.2. The predicted molar refractivity (Wildman–Crippen MR) is 135 cm³/mol. The van der Waals surface area contributed by atoms with Crippen LogP contribution in [0.3, 0.4) is 0 Å². The van der Waals surface area contributed by atoms with Crippen molar-refractivity contribution in [2.45, 2.75) is 31.3 Å². The number of hydrogen-bond donors (Lipinski definition) is 1. The number of para-hydroxylation sites is 1. The van der Waals surface area contributed by atoms with Gasteiger partial charge in [-0.25, -0.2) is 0 Å². The first-order valence-corrected chi connectivity index (χ1v) is 12.3. The molecule has 2 heterocycles. The molecule has 6 nitrogen and oxygen atoms in total. The van der Waals surface area contributed by atoms with E-state index in [0.717, 1.165) is 61.5 Å². The minimum Gasteiger partial charge on any atom is -0.455 e. The highest BCUT2D eigenvalue weighted by atomic mass is 16.6. The average molecular weight is 462 g/mol. The maximum absolute atomic E-state index is 10.5. The molecule has 2 aliphatic rings. The molecule has 1 saturated carbocycles. The van der Waals surface area contributed by atoms with Gasteiger partial charge in [0, 0.05) is 44.0 Å². The Kier molecular flexibility index (Phi) is 6.73. The van der Waals surface area contributed by atoms with Crippen LogP contribution >= 0.6 is 0 Å². The van der Waals surface area contributed by atoms with Crippen molar-refractivity contribution < 1.29 is 14.4 Å². The van der Waals surface area contributed by atoms with E-state index < -0.39 is 6.10 Å². The van der Waals surface area contributed by atoms with Crippen molar-refractivity contribution in [3.05, 3.63) is 72.0 Å². The normalized spacial score (nSPS) is 25.3. The standard InChI is InChI=1S/C28H35N3O3/c1-28(23-9-4-3-5-10-23)17-22(18-28)27(26-16-21-8-6-7-11-25(21)34-26)29-33-20-24(32)19-31-14-12-30(2)13-15-31/h3-11,16,22,24,32H,12-15,17-20H2,1-2H3/b29-27-/t22?,24-,28?/m1/s1. The van der Waals surface area contributed by atoms with Crippen molar-refractivity contribution in [3.63, 3.8) is 0 Å². The summed E-state index contributed by atoms with van der Waals surface area (Å²) in [4.78, 5) is 10.3. The van der Waals surface area contributed by atoms with Gasteiger partial charge in [-0.3, -0.25) is 4.90 Å². The fourth-order valence-electron chi connectivity index (χ4n) is 5.30. The number of furan rings is 1. The largest absolute Gasteiger partial charge is 0.455 e. The first-order chi connectivity index (χ1) is 16.5. The lowest BCUT2D eigenvalue weighted by molar-refractivity contribution is 0.00982. The van der Waals surface area contributed by atoms with Crippen molar-refractivity contribution in [2.75, 3.05) is 46.4 Å². The molecule has 2 aromatic carbocycles. The molecule has 1 atom stereocenters. The van der Waals surface area contributed by atoms with Crippen LogP contribution in [-0.2, 0) is 10.3 Å². The second kappa shape index (κ2) is 9.90. The number of rotatable bonds is 8. The van der Waals surface area contributed by atoms with Crippen LogP contribution in [-0.4, -0.2) is 73.1 Å². The molecule has 0 unspecified atom stereocenters. The summed E-state index contributed by atoms with van der Waals surface area (Å²) in [6.07, 6.45) is 1.40. The van der Waals surface area contributed by atoms with Crippen molar-refractivity contribution in [3.8, 4) is 0 Å². The molecule has 0 amide bonds. The van der Waals surface area contributed by atoms with Gasteiger partial charge < -0.3 is 19.3 Å². The molecular weight excluding hydrogens is 426 g/mol. The van der Waals surface area contributed by atoms with Crippen LogP contribution in [0.2, 0.25) is 0 Å². The Balaban J connectivity index is 1.28. The minimum absolute atomic E-state index is 0.125. The molecule has 34 heavy (non-hydrogen) atoms. The lowest BCUT2D eigenvalue weighted by Gasteiger charge is -2.45. The molecule has 5 rings (SSSR count). The Bertz CT molecular complexity index is 1080. The van der Waals surface area contributed by atoms with E-state index in [1.54, 1.807) is 0 Å². The number of benzene rings is 2. The molecule has 1 aliphatic heterocycles. The predicted octanol–water partition coefficient (Wildman–Crippen LogP) is 4.13. The first-order valence-electron chi connectivity index (χ1n) is 12.3. The number of fused-ring (bicyclic) bond motifs is 1. The molecular formula is C28H35N3O3. The molecule has 2 fully saturated rings. The van der Waals surface area contributed by atoms with Crippen LogP contribution in [0.4, 0.5) is 0 Å². The van der Waals surface area contributed by atoms with E-state index in [0.29, 0.717) is 6.54 Å². The smallest absolute Gasteiger partial charge is 0.153 e. The van der Waals surface area contributed by atoms with Crippen LogP contribution < -0.4 is 0 Å². The van der Waals surface area contributed by atoms with Crippen LogP contribution in [0, 0.1) is 5.92 Å². The van der Waals surface area contributed by atoms with Crippen LogP contribution in [0.5, 0.6) is 0 Å². The van der Waals surface area contributed by atoms with Crippen molar-refractivity contribution >= 4 is 16.7 Å². The average Bonchev–Trinajstić information content (AvgIpc) is 3.26. The molecule has 0 radical (unpaired) electrons. The highest BCUT2D eigenvalue weighted by Gasteiger charge is 2.45. The van der Waals surface area contributed by atoms with Crippen molar-refractivity contribution in [2.24, 2.45) is 11.1 Å². The summed E-state index contributed by atoms with van der Waals surface area (Å²) < 4.78 is 6.16. The minimum atomic E-state index is -0.569. The van der Waals surface area contributed by atoms with E-state index in [-0.39, 0.29) is 17.9 Å². The maximum atomic E-state index is 10.5. The number of hydrogen-bond acceptors (Lipinski definition) is 6. The molecule has 1 saturated heterocycles. The number of likely N-dealkylation sites (N-methyl/N-ethyl adjacent to an activating group) is 1. The molecule has 1 N–H and O–H groups in total. The van der Waals surface area contributed by atoms with Crippen molar-refractivity contribution in [1.29, 1.82) is 0 Å². The SMILES string of the molecule is CN1CCN(C[C@@H](O)CO/N=C(\c2cc3ccccc3o2)C2CC(C)(c3ccccc3)C2)CC1. The third-order valence-corrected chi connectivity index (χ3v) is 7.42. The van der Waals surface area contributed by atoms with Crippen LogP contribution in [0.15, 0.2) is 70.2 Å². The van der Waals surface area contributed by atoms with Gasteiger partial charge in [-0.05, 0) is 43.0 Å². The number of β-amino-alcohol motifs (C(OH)–C–C–N with tert-alkyl or cyclic N) is 1. The van der Waals surface area contributed by atoms with Crippen molar-refractivity contribution in [1.82, 2.24) is 9.80 Å². The van der Waals surface area contributed by atoms with Gasteiger partial charge in [-0.2, -0.15) is 0 Å². The summed E-state index contributed by atoms with van der Waals surface area (Å²) in [7, 11) is 2.13. The lowest BCUT2D eigenvalue weighted by atomic mass is 9.58. The third-order valence-electron chi connectivity index (χ3n) is 7.42. The Morgan fingerprint density at radius 1 is 1.09 bits per heavy atom. The van der Waals surface area contributed by atoms with E-state index in [9.17, 15) is 5.11 Å². The number of oxime groups is 1. The summed E-state index contributed by atoms with van der Waals surface area (Å²) >= 11 is 0. The third kappa shape index (κ3) is 5.04. The van der Waals surface area contributed by atoms with Gasteiger partial charge in [0.25, 0.3) is 0 Å². The van der Waals surface area contributed by atoms with Gasteiger partial charge in [0.05, 0.1) is 0 Å². The number of piperazine rings is 1. The fraction of sp³-hybridized carbons (Fsp3) is 0.464. The zero-order valence-electron chi connectivity index (χ0n) is 20.2. The van der Waals surface area contributed by atoms with Gasteiger partial charge in [0.2, 0.25) is 0 Å². The second-order valence-corrected chi connectivity index (χ2v) is 10.2. The van der Waals surface area contributed by atoms with E-state index in [4.69, 9.17) is 9.25 Å². The molecule has 6 heteroatoms. The van der Waals surface area contributed by atoms with E-state index >= 15 is 0 Å². The van der Waals surface area contributed by atoms with E-state index in [2.05, 4.69) is 71.4 Å². The Morgan fingerprint density at radius 3 is 2.53 bits per heavy atom. The Morgan fingerprint density at radius 2 is 1.79 bits per heavy atom. The molecule has 3 aromatic rings. The van der Waals surface area contributed by atoms with Gasteiger partial charge in [0.1, 0.15) is 24.0 Å². The quantitative estimate of drug-likeness (QED) is 0.404. The molecule has 0 bridgehead atoms. The molecule has 0 spiro atoms. The lowest BCUT2D eigenvalue weighted by Crippen LogP contribution is -2.47. The van der Waals surface area contributed by atoms with Gasteiger partial charge in [0.15, 0.2) is 5.76 Å².